The predicted molar refractivity (Wildman–Crippen MR) is 168 cm³/mol. The summed E-state index contributed by atoms with van der Waals surface area (Å²) in [5.74, 6) is -0.478. The fourth-order valence-electron chi connectivity index (χ4n) is 3.85. The summed E-state index contributed by atoms with van der Waals surface area (Å²) in [4.78, 5) is 58.8. The van der Waals surface area contributed by atoms with Crippen molar-refractivity contribution < 1.29 is 14.6 Å². The summed E-state index contributed by atoms with van der Waals surface area (Å²) in [6, 6.07) is 27.4. The summed E-state index contributed by atoms with van der Waals surface area (Å²) in [5, 5.41) is 8.76. The Morgan fingerprint density at radius 3 is 1.51 bits per heavy atom. The minimum Gasteiger partial charge on any atom is -0.460 e. The Kier molecular flexibility index (Phi) is 12.6. The number of esters is 1. The zero-order chi connectivity index (χ0) is 29.9. The lowest BCUT2D eigenvalue weighted by molar-refractivity contribution is 0.0489. The Balaban J connectivity index is 0.000000247. The molecule has 0 saturated carbocycles. The second-order valence-corrected chi connectivity index (χ2v) is 10.8. The third kappa shape index (κ3) is 9.09. The number of benzene rings is 3. The smallest absolute Gasteiger partial charge is 0.341 e. The van der Waals surface area contributed by atoms with Gasteiger partial charge in [0.15, 0.2) is 0 Å². The molecule has 0 aliphatic heterocycles. The molecule has 11 nitrogen and oxygen atoms in total. The molecule has 14 heteroatoms. The van der Waals surface area contributed by atoms with E-state index in [1.165, 1.54) is 7.91 Å². The molecule has 5 aromatic rings. The van der Waals surface area contributed by atoms with Crippen LogP contribution in [-0.4, -0.2) is 41.3 Å². The number of carbonyl (C=O) groups is 1. The number of halogens is 1. The molecule has 5 rings (SSSR count). The fourth-order valence-corrected chi connectivity index (χ4v) is 5.54. The zero-order valence-electron chi connectivity index (χ0n) is 22.8. The average Bonchev–Trinajstić information content (AvgIpc) is 3.43. The van der Waals surface area contributed by atoms with Crippen molar-refractivity contribution >= 4 is 41.4 Å². The van der Waals surface area contributed by atoms with Gasteiger partial charge in [0.1, 0.15) is 6.61 Å². The van der Waals surface area contributed by atoms with Gasteiger partial charge in [-0.05, 0) is 23.3 Å². The van der Waals surface area contributed by atoms with Crippen LogP contribution in [0.4, 0.5) is 0 Å². The molecule has 0 bridgehead atoms. The Hall–Kier alpha value is -4.30. The Labute approximate surface area is 259 Å². The molecule has 43 heavy (non-hydrogen) atoms. The Morgan fingerprint density at radius 2 is 1.07 bits per heavy atom. The highest BCUT2D eigenvalue weighted by molar-refractivity contribution is 7.03. The number of nitrogens with zero attached hydrogens (tertiary/aromatic N) is 4. The first-order chi connectivity index (χ1) is 20.4. The molecule has 0 aliphatic rings. The van der Waals surface area contributed by atoms with E-state index in [1.54, 1.807) is 30.3 Å². The topological polar surface area (TPSA) is 135 Å². The van der Waals surface area contributed by atoms with Crippen LogP contribution in [0.15, 0.2) is 110 Å². The molecule has 0 saturated heterocycles. The zero-order valence-corrected chi connectivity index (χ0v) is 25.3. The largest absolute Gasteiger partial charge is 0.460 e. The first-order valence-corrected chi connectivity index (χ1v) is 14.4. The van der Waals surface area contributed by atoms with Crippen LogP contribution in [-0.2, 0) is 30.9 Å². The van der Waals surface area contributed by atoms with E-state index in [0.717, 1.165) is 43.3 Å². The summed E-state index contributed by atoms with van der Waals surface area (Å²) in [6.45, 7) is 0.570. The van der Waals surface area contributed by atoms with Crippen molar-refractivity contribution in [1.82, 2.24) is 17.0 Å². The molecule has 0 fully saturated rings. The standard InChI is InChI=1S/C18H16N2O4S.C11H12N2O3S.ClH/c21-16(15-9-5-2-6-10-15)24-12-11-19-17(22)20(25-18(19)23)13-14-7-3-1-4-8-14;14-7-6-12-10(15)13(17-11(12)16)8-9-4-2-1-3-5-9;/h1-10H,11-13H2;1-5,14H,6-8H2;1H. The highest BCUT2D eigenvalue weighted by atomic mass is 35.5. The summed E-state index contributed by atoms with van der Waals surface area (Å²) in [6.07, 6.45) is 0. The molecule has 0 spiro atoms. The number of carbonyl (C=O) groups excluding carboxylic acids is 1. The van der Waals surface area contributed by atoms with Gasteiger partial charge in [-0.1, -0.05) is 78.9 Å². The average molecular weight is 645 g/mol. The number of ether oxygens (including phenoxy) is 1. The van der Waals surface area contributed by atoms with E-state index in [4.69, 9.17) is 9.84 Å². The monoisotopic (exact) mass is 644 g/mol. The quantitative estimate of drug-likeness (QED) is 0.231. The highest BCUT2D eigenvalue weighted by Gasteiger charge is 2.12. The number of rotatable bonds is 10. The minimum absolute atomic E-state index is 0. The van der Waals surface area contributed by atoms with Crippen molar-refractivity contribution in [2.75, 3.05) is 13.2 Å². The van der Waals surface area contributed by atoms with E-state index in [1.807, 2.05) is 60.7 Å². The van der Waals surface area contributed by atoms with E-state index in [9.17, 15) is 24.0 Å². The molecule has 0 amide bonds. The van der Waals surface area contributed by atoms with Crippen molar-refractivity contribution in [3.63, 3.8) is 0 Å². The van der Waals surface area contributed by atoms with E-state index in [2.05, 4.69) is 0 Å². The van der Waals surface area contributed by atoms with Gasteiger partial charge in [0, 0.05) is 23.1 Å². The third-order valence-electron chi connectivity index (χ3n) is 5.93. The summed E-state index contributed by atoms with van der Waals surface area (Å²) in [5.41, 5.74) is 1.58. The maximum atomic E-state index is 12.3. The van der Waals surface area contributed by atoms with Crippen LogP contribution in [0.1, 0.15) is 21.5 Å². The van der Waals surface area contributed by atoms with Gasteiger partial charge < -0.3 is 9.84 Å². The molecule has 0 atom stereocenters. The van der Waals surface area contributed by atoms with E-state index < -0.39 is 11.7 Å². The number of aromatic nitrogens is 4. The van der Waals surface area contributed by atoms with Crippen molar-refractivity contribution in [3.05, 3.63) is 148 Å². The SMILES string of the molecule is Cl.O=C(OCCn1c(=O)sn(Cc2ccccc2)c1=O)c1ccccc1.O=c1sn(Cc2ccccc2)c(=O)n1CCO. The number of aliphatic hydroxyl groups excluding tert-OH is 1. The molecular weight excluding hydrogens is 616 g/mol. The molecule has 0 radical (unpaired) electrons. The van der Waals surface area contributed by atoms with Crippen LogP contribution in [0.25, 0.3) is 0 Å². The number of aliphatic hydroxyl groups is 1. The number of hydrogen-bond donors (Lipinski definition) is 1. The molecular formula is C29H29ClN4O7S2. The molecule has 1 N–H and O–H groups in total. The van der Waals surface area contributed by atoms with Crippen molar-refractivity contribution in [3.8, 4) is 0 Å². The van der Waals surface area contributed by atoms with Crippen molar-refractivity contribution in [2.45, 2.75) is 26.2 Å². The summed E-state index contributed by atoms with van der Waals surface area (Å²) < 4.78 is 10.1. The lowest BCUT2D eigenvalue weighted by atomic mass is 10.2. The highest BCUT2D eigenvalue weighted by Crippen LogP contribution is 2.04. The fraction of sp³-hybridized carbons (Fsp3) is 0.207. The van der Waals surface area contributed by atoms with Gasteiger partial charge >= 0.3 is 27.1 Å². The lowest BCUT2D eigenvalue weighted by Crippen LogP contribution is -2.31. The van der Waals surface area contributed by atoms with E-state index in [-0.39, 0.29) is 54.1 Å². The van der Waals surface area contributed by atoms with Gasteiger partial charge in [-0.3, -0.25) is 9.59 Å². The minimum atomic E-state index is -0.478. The van der Waals surface area contributed by atoms with Crippen LogP contribution < -0.4 is 21.1 Å². The van der Waals surface area contributed by atoms with Gasteiger partial charge in [-0.2, -0.15) is 0 Å². The maximum absolute atomic E-state index is 12.3. The first-order valence-electron chi connectivity index (χ1n) is 12.9. The molecule has 226 valence electrons. The van der Waals surface area contributed by atoms with Crippen molar-refractivity contribution in [2.24, 2.45) is 0 Å². The molecule has 0 aliphatic carbocycles. The third-order valence-corrected chi connectivity index (χ3v) is 7.69. The second-order valence-electron chi connectivity index (χ2n) is 8.85. The van der Waals surface area contributed by atoms with E-state index >= 15 is 0 Å². The van der Waals surface area contributed by atoms with Gasteiger partial charge in [-0.15, -0.1) is 12.4 Å². The first kappa shape index (κ1) is 33.2. The van der Waals surface area contributed by atoms with Crippen LogP contribution in [0.2, 0.25) is 0 Å². The van der Waals surface area contributed by atoms with Crippen LogP contribution in [0.3, 0.4) is 0 Å². The Bertz CT molecular complexity index is 1830. The maximum Gasteiger partial charge on any atom is 0.341 e. The normalized spacial score (nSPS) is 10.3. The molecule has 2 aromatic heterocycles. The van der Waals surface area contributed by atoms with Gasteiger partial charge in [0.05, 0.1) is 38.3 Å². The van der Waals surface area contributed by atoms with Crippen molar-refractivity contribution in [1.29, 1.82) is 0 Å². The van der Waals surface area contributed by atoms with Crippen LogP contribution in [0, 0.1) is 0 Å². The lowest BCUT2D eigenvalue weighted by Gasteiger charge is -2.04. The van der Waals surface area contributed by atoms with E-state index in [0.29, 0.717) is 18.7 Å². The summed E-state index contributed by atoms with van der Waals surface area (Å²) >= 11 is 1.74. The predicted octanol–water partition coefficient (Wildman–Crippen LogP) is 2.51. The number of hydrogen-bond acceptors (Lipinski definition) is 9. The Morgan fingerprint density at radius 1 is 0.651 bits per heavy atom. The van der Waals surface area contributed by atoms with Gasteiger partial charge in [-0.25, -0.2) is 31.4 Å². The molecule has 3 aromatic carbocycles. The van der Waals surface area contributed by atoms with Crippen LogP contribution >= 0.6 is 35.5 Å². The molecule has 2 heterocycles. The van der Waals surface area contributed by atoms with Gasteiger partial charge in [0.25, 0.3) is 0 Å². The molecule has 0 unspecified atom stereocenters. The second kappa shape index (κ2) is 16.4. The summed E-state index contributed by atoms with van der Waals surface area (Å²) in [7, 11) is 0. The van der Waals surface area contributed by atoms with Crippen LogP contribution in [0.5, 0.6) is 0 Å². The van der Waals surface area contributed by atoms with Gasteiger partial charge in [0.2, 0.25) is 0 Å².